The highest BCUT2D eigenvalue weighted by atomic mass is 35.5. The van der Waals surface area contributed by atoms with Gasteiger partial charge in [0, 0.05) is 18.6 Å². The summed E-state index contributed by atoms with van der Waals surface area (Å²) >= 11 is 0. The van der Waals surface area contributed by atoms with Crippen LogP contribution in [0.3, 0.4) is 0 Å². The Morgan fingerprint density at radius 1 is 1.21 bits per heavy atom. The smallest absolute Gasteiger partial charge is 0.0529 e. The molecule has 3 heteroatoms. The van der Waals surface area contributed by atoms with Crippen LogP contribution in [0.1, 0.15) is 32.1 Å². The van der Waals surface area contributed by atoms with Crippen molar-refractivity contribution in [1.29, 1.82) is 0 Å². The highest BCUT2D eigenvalue weighted by Crippen LogP contribution is 2.25. The Bertz CT molecular complexity index is 189. The third-order valence-electron chi connectivity index (χ3n) is 3.11. The van der Waals surface area contributed by atoms with Crippen LogP contribution in [-0.2, 0) is 4.74 Å². The third kappa shape index (κ3) is 3.26. The van der Waals surface area contributed by atoms with Crippen LogP contribution in [0.25, 0.3) is 0 Å². The van der Waals surface area contributed by atoms with Crippen LogP contribution >= 0.6 is 12.4 Å². The largest absolute Gasteiger partial charge is 0.381 e. The molecule has 82 valence electrons. The van der Waals surface area contributed by atoms with E-state index in [4.69, 9.17) is 10.5 Å². The van der Waals surface area contributed by atoms with E-state index < -0.39 is 0 Å². The van der Waals surface area contributed by atoms with E-state index in [1.54, 1.807) is 5.57 Å². The lowest BCUT2D eigenvalue weighted by Gasteiger charge is -2.20. The highest BCUT2D eigenvalue weighted by Gasteiger charge is 2.17. The molecule has 1 heterocycles. The lowest BCUT2D eigenvalue weighted by molar-refractivity contribution is 0.191. The van der Waals surface area contributed by atoms with Crippen LogP contribution in [0.2, 0.25) is 0 Å². The van der Waals surface area contributed by atoms with Gasteiger partial charge in [-0.05, 0) is 32.1 Å². The van der Waals surface area contributed by atoms with Crippen molar-refractivity contribution >= 4 is 12.4 Å². The van der Waals surface area contributed by atoms with Crippen molar-refractivity contribution in [1.82, 2.24) is 0 Å². The maximum absolute atomic E-state index is 5.85. The van der Waals surface area contributed by atoms with E-state index in [0.717, 1.165) is 13.2 Å². The second-order valence-corrected chi connectivity index (χ2v) is 4.29. The molecule has 1 saturated heterocycles. The Labute approximate surface area is 92.3 Å². The lowest BCUT2D eigenvalue weighted by atomic mass is 9.89. The minimum Gasteiger partial charge on any atom is -0.381 e. The number of ether oxygens (including phenoxy) is 1. The summed E-state index contributed by atoms with van der Waals surface area (Å²) in [4.78, 5) is 0. The van der Waals surface area contributed by atoms with Crippen molar-refractivity contribution in [3.63, 3.8) is 0 Å². The van der Waals surface area contributed by atoms with Crippen molar-refractivity contribution in [2.75, 3.05) is 13.2 Å². The topological polar surface area (TPSA) is 35.2 Å². The number of hydrogen-bond acceptors (Lipinski definition) is 2. The Hall–Kier alpha value is -0.0500. The number of hydrogen-bond donors (Lipinski definition) is 1. The minimum atomic E-state index is 0. The molecule has 0 spiro atoms. The standard InChI is InChI=1S/C11H19NO.ClH/c12-11-3-1-9(2-4-11)7-10-5-6-13-8-10;/h7,10-11H,1-6,8,12H2;1H. The van der Waals surface area contributed by atoms with Crippen molar-refractivity contribution < 1.29 is 4.74 Å². The third-order valence-corrected chi connectivity index (χ3v) is 3.11. The fraction of sp³-hybridized carbons (Fsp3) is 0.818. The fourth-order valence-electron chi connectivity index (χ4n) is 2.20. The molecule has 1 aliphatic carbocycles. The molecule has 2 fully saturated rings. The van der Waals surface area contributed by atoms with Gasteiger partial charge in [-0.2, -0.15) is 0 Å². The van der Waals surface area contributed by atoms with E-state index in [1.165, 1.54) is 32.1 Å². The van der Waals surface area contributed by atoms with Gasteiger partial charge in [-0.3, -0.25) is 0 Å². The maximum atomic E-state index is 5.85. The van der Waals surface area contributed by atoms with E-state index in [1.807, 2.05) is 0 Å². The molecule has 1 saturated carbocycles. The summed E-state index contributed by atoms with van der Waals surface area (Å²) in [7, 11) is 0. The van der Waals surface area contributed by atoms with Gasteiger partial charge < -0.3 is 10.5 Å². The molecule has 0 aromatic heterocycles. The van der Waals surface area contributed by atoms with Gasteiger partial charge in [-0.15, -0.1) is 12.4 Å². The van der Waals surface area contributed by atoms with Gasteiger partial charge in [-0.1, -0.05) is 11.6 Å². The molecule has 1 atom stereocenters. The minimum absolute atomic E-state index is 0. The summed E-state index contributed by atoms with van der Waals surface area (Å²) in [5, 5.41) is 0. The van der Waals surface area contributed by atoms with Crippen molar-refractivity contribution in [2.24, 2.45) is 11.7 Å². The van der Waals surface area contributed by atoms with E-state index in [2.05, 4.69) is 6.08 Å². The molecule has 0 aromatic rings. The summed E-state index contributed by atoms with van der Waals surface area (Å²) in [5.41, 5.74) is 7.48. The van der Waals surface area contributed by atoms with Gasteiger partial charge in [-0.25, -0.2) is 0 Å². The molecule has 0 bridgehead atoms. The van der Waals surface area contributed by atoms with Crippen LogP contribution in [0.5, 0.6) is 0 Å². The molecule has 1 unspecified atom stereocenters. The molecule has 0 amide bonds. The van der Waals surface area contributed by atoms with Crippen LogP contribution in [0.15, 0.2) is 11.6 Å². The normalized spacial score (nSPS) is 32.5. The highest BCUT2D eigenvalue weighted by molar-refractivity contribution is 5.85. The zero-order valence-electron chi connectivity index (χ0n) is 8.58. The van der Waals surface area contributed by atoms with Crippen LogP contribution < -0.4 is 5.73 Å². The summed E-state index contributed by atoms with van der Waals surface area (Å²) < 4.78 is 5.35. The first-order valence-corrected chi connectivity index (χ1v) is 5.37. The first kappa shape index (κ1) is 12.0. The van der Waals surface area contributed by atoms with Gasteiger partial charge in [0.15, 0.2) is 0 Å². The molecule has 1 aliphatic heterocycles. The Kier molecular flexibility index (Phi) is 4.93. The number of halogens is 1. The average Bonchev–Trinajstić information content (AvgIpc) is 2.62. The zero-order chi connectivity index (χ0) is 9.10. The zero-order valence-corrected chi connectivity index (χ0v) is 9.39. The summed E-state index contributed by atoms with van der Waals surface area (Å²) in [5.74, 6) is 0.698. The fourth-order valence-corrected chi connectivity index (χ4v) is 2.20. The van der Waals surface area contributed by atoms with E-state index in [-0.39, 0.29) is 12.4 Å². The maximum Gasteiger partial charge on any atom is 0.0529 e. The first-order chi connectivity index (χ1) is 6.34. The summed E-state index contributed by atoms with van der Waals surface area (Å²) in [6.45, 7) is 1.89. The van der Waals surface area contributed by atoms with Gasteiger partial charge in [0.25, 0.3) is 0 Å². The Morgan fingerprint density at radius 2 is 1.93 bits per heavy atom. The second-order valence-electron chi connectivity index (χ2n) is 4.29. The van der Waals surface area contributed by atoms with Crippen molar-refractivity contribution in [3.05, 3.63) is 11.6 Å². The van der Waals surface area contributed by atoms with E-state index in [0.29, 0.717) is 12.0 Å². The molecule has 14 heavy (non-hydrogen) atoms. The SMILES string of the molecule is Cl.NC1CCC(=CC2CCOC2)CC1. The van der Waals surface area contributed by atoms with Crippen LogP contribution in [-0.4, -0.2) is 19.3 Å². The van der Waals surface area contributed by atoms with Gasteiger partial charge in [0.1, 0.15) is 0 Å². The molecule has 2 N–H and O–H groups in total. The Balaban J connectivity index is 0.000000980. The Morgan fingerprint density at radius 3 is 2.50 bits per heavy atom. The molecular weight excluding hydrogens is 198 g/mol. The van der Waals surface area contributed by atoms with Crippen LogP contribution in [0.4, 0.5) is 0 Å². The van der Waals surface area contributed by atoms with E-state index in [9.17, 15) is 0 Å². The molecule has 2 nitrogen and oxygen atoms in total. The van der Waals surface area contributed by atoms with Crippen LogP contribution in [0, 0.1) is 5.92 Å². The van der Waals surface area contributed by atoms with Crippen molar-refractivity contribution in [2.45, 2.75) is 38.1 Å². The molecule has 2 aliphatic rings. The summed E-state index contributed by atoms with van der Waals surface area (Å²) in [6.07, 6.45) is 8.46. The molecule has 0 aromatic carbocycles. The number of allylic oxidation sites excluding steroid dienone is 1. The van der Waals surface area contributed by atoms with Gasteiger partial charge >= 0.3 is 0 Å². The average molecular weight is 218 g/mol. The summed E-state index contributed by atoms with van der Waals surface area (Å²) in [6, 6.07) is 0.456. The van der Waals surface area contributed by atoms with Gasteiger partial charge in [0.05, 0.1) is 6.61 Å². The predicted octanol–water partition coefficient (Wildman–Crippen LogP) is 2.27. The lowest BCUT2D eigenvalue weighted by Crippen LogP contribution is -2.23. The molecule has 2 rings (SSSR count). The number of rotatable bonds is 1. The predicted molar refractivity (Wildman–Crippen MR) is 60.7 cm³/mol. The monoisotopic (exact) mass is 217 g/mol. The molecular formula is C11H20ClNO. The second kappa shape index (κ2) is 5.74. The molecule has 0 radical (unpaired) electrons. The van der Waals surface area contributed by atoms with Gasteiger partial charge in [0.2, 0.25) is 0 Å². The van der Waals surface area contributed by atoms with Crippen molar-refractivity contribution in [3.8, 4) is 0 Å². The number of nitrogens with two attached hydrogens (primary N) is 1. The first-order valence-electron chi connectivity index (χ1n) is 5.37. The van der Waals surface area contributed by atoms with E-state index >= 15 is 0 Å². The quantitative estimate of drug-likeness (QED) is 0.684.